The van der Waals surface area contributed by atoms with E-state index in [-0.39, 0.29) is 5.75 Å². The highest BCUT2D eigenvalue weighted by molar-refractivity contribution is 5.73. The van der Waals surface area contributed by atoms with Gasteiger partial charge in [-0.1, -0.05) is 0 Å². The lowest BCUT2D eigenvalue weighted by Crippen LogP contribution is -2.49. The van der Waals surface area contributed by atoms with E-state index in [1.54, 1.807) is 6.92 Å². The van der Waals surface area contributed by atoms with Crippen LogP contribution in [0.5, 0.6) is 5.75 Å². The van der Waals surface area contributed by atoms with Gasteiger partial charge in [0.25, 0.3) is 0 Å². The zero-order valence-corrected chi connectivity index (χ0v) is 17.8. The van der Waals surface area contributed by atoms with Crippen LogP contribution in [0.4, 0.5) is 19.0 Å². The van der Waals surface area contributed by atoms with Gasteiger partial charge in [0.05, 0.1) is 18.4 Å². The summed E-state index contributed by atoms with van der Waals surface area (Å²) in [4.78, 5) is 4.72. The maximum Gasteiger partial charge on any atom is 0.416 e. The summed E-state index contributed by atoms with van der Waals surface area (Å²) in [6.07, 6.45) is -1.29. The SMILES string of the molecule is COc1cc(C(F)(F)F)cc(C)c1-c1cc2c(nn1)N([C@@H]1CCCN(C)C1)C(C)C2. The lowest BCUT2D eigenvalue weighted by molar-refractivity contribution is -0.137. The molecule has 4 rings (SSSR count). The number of rotatable bonds is 3. The second kappa shape index (κ2) is 7.72. The van der Waals surface area contributed by atoms with E-state index in [9.17, 15) is 13.2 Å². The average molecular weight is 420 g/mol. The molecule has 0 spiro atoms. The van der Waals surface area contributed by atoms with E-state index < -0.39 is 11.7 Å². The van der Waals surface area contributed by atoms with Crippen molar-refractivity contribution in [2.24, 2.45) is 0 Å². The minimum atomic E-state index is -4.43. The molecular weight excluding hydrogens is 393 g/mol. The number of alkyl halides is 3. The van der Waals surface area contributed by atoms with Gasteiger partial charge < -0.3 is 14.5 Å². The highest BCUT2D eigenvalue weighted by Crippen LogP contribution is 2.41. The van der Waals surface area contributed by atoms with Gasteiger partial charge in [-0.3, -0.25) is 0 Å². The van der Waals surface area contributed by atoms with Crippen molar-refractivity contribution in [1.29, 1.82) is 0 Å². The van der Waals surface area contributed by atoms with E-state index >= 15 is 0 Å². The summed E-state index contributed by atoms with van der Waals surface area (Å²) in [6.45, 7) is 5.96. The van der Waals surface area contributed by atoms with Crippen molar-refractivity contribution >= 4 is 5.82 Å². The van der Waals surface area contributed by atoms with Crippen LogP contribution in [0, 0.1) is 6.92 Å². The Morgan fingerprint density at radius 3 is 2.60 bits per heavy atom. The predicted molar refractivity (Wildman–Crippen MR) is 110 cm³/mol. The van der Waals surface area contributed by atoms with Crippen molar-refractivity contribution in [3.63, 3.8) is 0 Å². The molecule has 0 saturated carbocycles. The Kier molecular flexibility index (Phi) is 5.38. The molecule has 0 bridgehead atoms. The molecule has 1 saturated heterocycles. The predicted octanol–water partition coefficient (Wildman–Crippen LogP) is 4.32. The summed E-state index contributed by atoms with van der Waals surface area (Å²) in [7, 11) is 3.52. The molecule has 1 aromatic carbocycles. The molecule has 2 aromatic rings. The number of fused-ring (bicyclic) bond motifs is 1. The number of ether oxygens (including phenoxy) is 1. The topological polar surface area (TPSA) is 41.5 Å². The van der Waals surface area contributed by atoms with Gasteiger partial charge in [0, 0.05) is 29.8 Å². The van der Waals surface area contributed by atoms with Crippen LogP contribution >= 0.6 is 0 Å². The van der Waals surface area contributed by atoms with Crippen molar-refractivity contribution in [1.82, 2.24) is 15.1 Å². The average Bonchev–Trinajstić information content (AvgIpc) is 3.01. The van der Waals surface area contributed by atoms with Gasteiger partial charge in [0.15, 0.2) is 5.82 Å². The van der Waals surface area contributed by atoms with E-state index in [1.807, 2.05) is 6.07 Å². The Morgan fingerprint density at radius 1 is 1.17 bits per heavy atom. The van der Waals surface area contributed by atoms with Crippen molar-refractivity contribution in [2.45, 2.75) is 51.4 Å². The van der Waals surface area contributed by atoms with Crippen LogP contribution in [-0.2, 0) is 12.6 Å². The molecular formula is C22H27F3N4O. The van der Waals surface area contributed by atoms with Crippen molar-refractivity contribution in [3.8, 4) is 17.0 Å². The lowest BCUT2D eigenvalue weighted by atomic mass is 9.99. The summed E-state index contributed by atoms with van der Waals surface area (Å²) in [5.74, 6) is 1.06. The van der Waals surface area contributed by atoms with Crippen LogP contribution in [0.1, 0.15) is 36.5 Å². The Hall–Kier alpha value is -2.35. The number of aromatic nitrogens is 2. The molecule has 0 aliphatic carbocycles. The minimum Gasteiger partial charge on any atom is -0.496 e. The summed E-state index contributed by atoms with van der Waals surface area (Å²) in [5.41, 5.74) is 1.93. The Bertz CT molecular complexity index is 947. The molecule has 30 heavy (non-hydrogen) atoms. The lowest BCUT2D eigenvalue weighted by Gasteiger charge is -2.39. The quantitative estimate of drug-likeness (QED) is 0.740. The number of aryl methyl sites for hydroxylation is 1. The summed E-state index contributed by atoms with van der Waals surface area (Å²) >= 11 is 0. The number of likely N-dealkylation sites (tertiary alicyclic amines) is 1. The third-order valence-electron chi connectivity index (χ3n) is 6.18. The van der Waals surface area contributed by atoms with E-state index in [0.717, 1.165) is 55.9 Å². The summed E-state index contributed by atoms with van der Waals surface area (Å²) in [5, 5.41) is 8.95. The molecule has 5 nitrogen and oxygen atoms in total. The maximum atomic E-state index is 13.2. The van der Waals surface area contributed by atoms with Crippen LogP contribution in [0.15, 0.2) is 18.2 Å². The Labute approximate surface area is 174 Å². The fourth-order valence-corrected chi connectivity index (χ4v) is 4.85. The Morgan fingerprint density at radius 2 is 1.93 bits per heavy atom. The number of methoxy groups -OCH3 is 1. The van der Waals surface area contributed by atoms with Gasteiger partial charge in [0.1, 0.15) is 5.75 Å². The molecule has 2 atom stereocenters. The van der Waals surface area contributed by atoms with Gasteiger partial charge in [-0.15, -0.1) is 10.2 Å². The van der Waals surface area contributed by atoms with Crippen molar-refractivity contribution in [2.75, 3.05) is 32.1 Å². The molecule has 2 aliphatic heterocycles. The van der Waals surface area contributed by atoms with Gasteiger partial charge in [-0.25, -0.2) is 0 Å². The molecule has 0 amide bonds. The molecule has 1 unspecified atom stereocenters. The van der Waals surface area contributed by atoms with E-state index in [1.165, 1.54) is 7.11 Å². The zero-order chi connectivity index (χ0) is 21.6. The number of likely N-dealkylation sites (N-methyl/N-ethyl adjacent to an activating group) is 1. The van der Waals surface area contributed by atoms with Crippen LogP contribution in [-0.4, -0.2) is 54.4 Å². The Balaban J connectivity index is 1.71. The first-order chi connectivity index (χ1) is 14.2. The fourth-order valence-electron chi connectivity index (χ4n) is 4.85. The third kappa shape index (κ3) is 3.73. The number of anilines is 1. The molecule has 1 fully saturated rings. The first-order valence-electron chi connectivity index (χ1n) is 10.3. The number of hydrogen-bond acceptors (Lipinski definition) is 5. The maximum absolute atomic E-state index is 13.2. The van der Waals surface area contributed by atoms with Crippen LogP contribution < -0.4 is 9.64 Å². The number of halogens is 3. The largest absolute Gasteiger partial charge is 0.496 e. The van der Waals surface area contributed by atoms with Gasteiger partial charge in [-0.2, -0.15) is 13.2 Å². The van der Waals surface area contributed by atoms with Crippen LogP contribution in [0.3, 0.4) is 0 Å². The van der Waals surface area contributed by atoms with E-state index in [0.29, 0.717) is 28.9 Å². The number of hydrogen-bond donors (Lipinski definition) is 0. The smallest absolute Gasteiger partial charge is 0.416 e. The first kappa shape index (κ1) is 20.9. The molecule has 3 heterocycles. The summed E-state index contributed by atoms with van der Waals surface area (Å²) < 4.78 is 44.9. The highest BCUT2D eigenvalue weighted by atomic mass is 19.4. The standard InChI is InChI=1S/C22H27F3N4O/c1-13-8-16(22(23,24)25)11-19(30-4)20(13)18-10-15-9-14(2)29(21(15)27-26-18)17-6-5-7-28(3)12-17/h8,10-11,14,17H,5-7,9,12H2,1-4H3/t14?,17-/m1/s1. The number of nitrogens with zero attached hydrogens (tertiary/aromatic N) is 4. The van der Waals surface area contributed by atoms with Crippen molar-refractivity contribution in [3.05, 3.63) is 34.9 Å². The van der Waals surface area contributed by atoms with Gasteiger partial charge >= 0.3 is 6.18 Å². The second-order valence-corrected chi connectivity index (χ2v) is 8.47. The molecule has 8 heteroatoms. The molecule has 162 valence electrons. The van der Waals surface area contributed by atoms with Crippen LogP contribution in [0.2, 0.25) is 0 Å². The number of benzene rings is 1. The van der Waals surface area contributed by atoms with E-state index in [2.05, 4.69) is 34.0 Å². The van der Waals surface area contributed by atoms with Crippen LogP contribution in [0.25, 0.3) is 11.3 Å². The minimum absolute atomic E-state index is 0.161. The van der Waals surface area contributed by atoms with Gasteiger partial charge in [-0.05, 0) is 70.5 Å². The number of piperidine rings is 1. The molecule has 1 aromatic heterocycles. The molecule has 0 radical (unpaired) electrons. The summed E-state index contributed by atoms with van der Waals surface area (Å²) in [6, 6.07) is 4.85. The van der Waals surface area contributed by atoms with Gasteiger partial charge in [0.2, 0.25) is 0 Å². The van der Waals surface area contributed by atoms with Crippen molar-refractivity contribution < 1.29 is 17.9 Å². The zero-order valence-electron chi connectivity index (χ0n) is 17.8. The highest BCUT2D eigenvalue weighted by Gasteiger charge is 2.36. The molecule has 2 aliphatic rings. The van der Waals surface area contributed by atoms with E-state index in [4.69, 9.17) is 4.74 Å². The third-order valence-corrected chi connectivity index (χ3v) is 6.18. The first-order valence-corrected chi connectivity index (χ1v) is 10.3. The fraction of sp³-hybridized carbons (Fsp3) is 0.545. The monoisotopic (exact) mass is 420 g/mol. The molecule has 0 N–H and O–H groups in total. The second-order valence-electron chi connectivity index (χ2n) is 8.47. The normalized spacial score (nSPS) is 22.3.